The third kappa shape index (κ3) is 2.31. The molecule has 0 radical (unpaired) electrons. The van der Waals surface area contributed by atoms with Crippen LogP contribution in [-0.4, -0.2) is 21.6 Å². The zero-order chi connectivity index (χ0) is 13.2. The number of hydrogen-bond acceptors (Lipinski definition) is 5. The summed E-state index contributed by atoms with van der Waals surface area (Å²) >= 11 is 0. The second-order valence-electron chi connectivity index (χ2n) is 3.25. The number of rotatable bonds is 2. The molecular weight excluding hydrogens is 251 g/mol. The molecule has 8 heteroatoms. The quantitative estimate of drug-likeness (QED) is 0.510. The van der Waals surface area contributed by atoms with Crippen LogP contribution in [0.3, 0.4) is 0 Å². The van der Waals surface area contributed by atoms with Crippen LogP contribution < -0.4 is 0 Å². The van der Waals surface area contributed by atoms with Crippen molar-refractivity contribution in [3.63, 3.8) is 0 Å². The minimum Gasteiger partial charge on any atom is -0.411 e. The van der Waals surface area contributed by atoms with Crippen LogP contribution in [-0.2, 0) is 6.18 Å². The van der Waals surface area contributed by atoms with Gasteiger partial charge >= 0.3 is 12.1 Å². The number of benzene rings is 1. The van der Waals surface area contributed by atoms with Gasteiger partial charge in [0, 0.05) is 11.1 Å². The van der Waals surface area contributed by atoms with Crippen molar-refractivity contribution in [2.75, 3.05) is 0 Å². The summed E-state index contributed by atoms with van der Waals surface area (Å²) in [7, 11) is 0. The summed E-state index contributed by atoms with van der Waals surface area (Å²) < 4.78 is 41.0. The van der Waals surface area contributed by atoms with E-state index in [0.29, 0.717) is 5.56 Å². The van der Waals surface area contributed by atoms with Crippen LogP contribution in [0.2, 0.25) is 0 Å². The summed E-state index contributed by atoms with van der Waals surface area (Å²) in [5, 5.41) is 14.5. The summed E-state index contributed by atoms with van der Waals surface area (Å²) in [6, 6.07) is 6.25. The maximum atomic E-state index is 12.3. The van der Waals surface area contributed by atoms with Crippen LogP contribution in [0.25, 0.3) is 11.4 Å². The summed E-state index contributed by atoms with van der Waals surface area (Å²) in [6.07, 6.45) is -3.62. The zero-order valence-electron chi connectivity index (χ0n) is 8.72. The Hall–Kier alpha value is -2.38. The Labute approximate surface area is 98.5 Å². The molecule has 0 unspecified atom stereocenters. The molecule has 2 rings (SSSR count). The lowest BCUT2D eigenvalue weighted by Crippen LogP contribution is -2.04. The first-order valence-electron chi connectivity index (χ1n) is 4.70. The van der Waals surface area contributed by atoms with E-state index in [9.17, 15) is 13.2 Å². The Morgan fingerprint density at radius 2 is 2.00 bits per heavy atom. The van der Waals surface area contributed by atoms with Crippen LogP contribution in [0.4, 0.5) is 13.2 Å². The van der Waals surface area contributed by atoms with Gasteiger partial charge in [0.1, 0.15) is 0 Å². The van der Waals surface area contributed by atoms with Crippen molar-refractivity contribution in [3.05, 3.63) is 35.7 Å². The molecule has 1 heterocycles. The molecule has 2 aromatic rings. The Morgan fingerprint density at radius 1 is 1.28 bits per heavy atom. The number of aromatic nitrogens is 2. The number of halogens is 3. The summed E-state index contributed by atoms with van der Waals surface area (Å²) in [5.74, 6) is -1.65. The fourth-order valence-corrected chi connectivity index (χ4v) is 1.32. The molecule has 94 valence electrons. The van der Waals surface area contributed by atoms with Gasteiger partial charge in [0.25, 0.3) is 0 Å². The van der Waals surface area contributed by atoms with E-state index in [1.807, 2.05) is 0 Å². The Morgan fingerprint density at radius 3 is 2.61 bits per heavy atom. The maximum Gasteiger partial charge on any atom is 0.471 e. The fourth-order valence-electron chi connectivity index (χ4n) is 1.32. The molecule has 1 N–H and O–H groups in total. The van der Waals surface area contributed by atoms with Crippen molar-refractivity contribution in [1.82, 2.24) is 10.1 Å². The average molecular weight is 257 g/mol. The number of nitrogens with zero attached hydrogens (tertiary/aromatic N) is 3. The molecule has 0 aliphatic carbocycles. The van der Waals surface area contributed by atoms with Crippen molar-refractivity contribution in [2.24, 2.45) is 5.16 Å². The van der Waals surface area contributed by atoms with E-state index >= 15 is 0 Å². The third-order valence-corrected chi connectivity index (χ3v) is 2.07. The number of alkyl halides is 3. The molecule has 0 spiro atoms. The molecule has 0 aliphatic heterocycles. The molecule has 0 atom stereocenters. The fraction of sp³-hybridized carbons (Fsp3) is 0.100. The largest absolute Gasteiger partial charge is 0.471 e. The second kappa shape index (κ2) is 4.47. The minimum absolute atomic E-state index is 0.224. The predicted octanol–water partition coefficient (Wildman–Crippen LogP) is 2.56. The SMILES string of the molecule is ON=Cc1ccccc1-c1noc(C(F)(F)F)n1. The highest BCUT2D eigenvalue weighted by molar-refractivity contribution is 5.88. The molecule has 5 nitrogen and oxygen atoms in total. The van der Waals surface area contributed by atoms with Crippen molar-refractivity contribution < 1.29 is 22.9 Å². The molecule has 1 aromatic heterocycles. The number of oxime groups is 1. The van der Waals surface area contributed by atoms with Gasteiger partial charge in [-0.3, -0.25) is 0 Å². The van der Waals surface area contributed by atoms with E-state index in [1.54, 1.807) is 18.2 Å². The van der Waals surface area contributed by atoms with Gasteiger partial charge in [0.05, 0.1) is 6.21 Å². The van der Waals surface area contributed by atoms with Crippen LogP contribution >= 0.6 is 0 Å². The van der Waals surface area contributed by atoms with E-state index in [1.165, 1.54) is 6.07 Å². The van der Waals surface area contributed by atoms with E-state index in [2.05, 4.69) is 19.8 Å². The highest BCUT2D eigenvalue weighted by atomic mass is 19.4. The van der Waals surface area contributed by atoms with Gasteiger partial charge in [-0.15, -0.1) is 0 Å². The van der Waals surface area contributed by atoms with E-state index in [-0.39, 0.29) is 11.4 Å². The molecule has 0 saturated carbocycles. The first-order chi connectivity index (χ1) is 8.52. The van der Waals surface area contributed by atoms with Crippen LogP contribution in [0.5, 0.6) is 0 Å². The van der Waals surface area contributed by atoms with E-state index in [0.717, 1.165) is 6.21 Å². The molecule has 0 saturated heterocycles. The molecule has 0 amide bonds. The highest BCUT2D eigenvalue weighted by Gasteiger charge is 2.38. The Balaban J connectivity index is 2.46. The van der Waals surface area contributed by atoms with Gasteiger partial charge in [-0.2, -0.15) is 18.2 Å². The van der Waals surface area contributed by atoms with Crippen molar-refractivity contribution in [1.29, 1.82) is 0 Å². The average Bonchev–Trinajstić information content (AvgIpc) is 2.79. The second-order valence-corrected chi connectivity index (χ2v) is 3.25. The first kappa shape index (κ1) is 12.1. The lowest BCUT2D eigenvalue weighted by Gasteiger charge is -1.99. The molecule has 18 heavy (non-hydrogen) atoms. The standard InChI is InChI=1S/C10H6F3N3O2/c11-10(12,13)9-15-8(16-18-9)7-4-2-1-3-6(7)5-14-17/h1-5,17H. The summed E-state index contributed by atoms with van der Waals surface area (Å²) in [5.41, 5.74) is 0.643. The lowest BCUT2D eigenvalue weighted by atomic mass is 10.1. The van der Waals surface area contributed by atoms with Gasteiger partial charge in [-0.25, -0.2) is 0 Å². The smallest absolute Gasteiger partial charge is 0.411 e. The van der Waals surface area contributed by atoms with Crippen LogP contribution in [0.15, 0.2) is 33.9 Å². The highest BCUT2D eigenvalue weighted by Crippen LogP contribution is 2.29. The van der Waals surface area contributed by atoms with Crippen LogP contribution in [0.1, 0.15) is 11.5 Å². The normalized spacial score (nSPS) is 12.2. The van der Waals surface area contributed by atoms with E-state index in [4.69, 9.17) is 5.21 Å². The first-order valence-corrected chi connectivity index (χ1v) is 4.70. The third-order valence-electron chi connectivity index (χ3n) is 2.07. The molecule has 0 bridgehead atoms. The topological polar surface area (TPSA) is 71.5 Å². The zero-order valence-corrected chi connectivity index (χ0v) is 8.72. The van der Waals surface area contributed by atoms with Gasteiger partial charge < -0.3 is 9.73 Å². The predicted molar refractivity (Wildman–Crippen MR) is 54.1 cm³/mol. The minimum atomic E-state index is -4.69. The summed E-state index contributed by atoms with van der Waals surface area (Å²) in [4.78, 5) is 3.25. The molecular formula is C10H6F3N3O2. The van der Waals surface area contributed by atoms with Crippen molar-refractivity contribution in [2.45, 2.75) is 6.18 Å². The van der Waals surface area contributed by atoms with E-state index < -0.39 is 12.1 Å². The monoisotopic (exact) mass is 257 g/mol. The van der Waals surface area contributed by atoms with Gasteiger partial charge in [-0.05, 0) is 0 Å². The lowest BCUT2D eigenvalue weighted by molar-refractivity contribution is -0.159. The van der Waals surface area contributed by atoms with Crippen molar-refractivity contribution in [3.8, 4) is 11.4 Å². The van der Waals surface area contributed by atoms with Gasteiger partial charge in [-0.1, -0.05) is 34.6 Å². The van der Waals surface area contributed by atoms with Gasteiger partial charge in [0.2, 0.25) is 5.82 Å². The molecule has 0 fully saturated rings. The number of hydrogen-bond donors (Lipinski definition) is 1. The summed E-state index contributed by atoms with van der Waals surface area (Å²) in [6.45, 7) is 0. The Kier molecular flexibility index (Phi) is 3.00. The molecule has 0 aliphatic rings. The van der Waals surface area contributed by atoms with Crippen LogP contribution in [0, 0.1) is 0 Å². The van der Waals surface area contributed by atoms with Crippen molar-refractivity contribution >= 4 is 6.21 Å². The maximum absolute atomic E-state index is 12.3. The Bertz CT molecular complexity index is 578. The van der Waals surface area contributed by atoms with Gasteiger partial charge in [0.15, 0.2) is 0 Å². The molecule has 1 aromatic carbocycles.